The summed E-state index contributed by atoms with van der Waals surface area (Å²) in [6.07, 6.45) is 4.34. The van der Waals surface area contributed by atoms with Gasteiger partial charge in [-0.3, -0.25) is 0 Å². The average molecular weight is 285 g/mol. The molecule has 1 aliphatic rings. The molecule has 0 amide bonds. The smallest absolute Gasteiger partial charge is 0.169 e. The minimum Gasteiger partial charge on any atom is -0.354 e. The zero-order valence-corrected chi connectivity index (χ0v) is 12.4. The number of aryl methyl sites for hydroxylation is 2. The monoisotopic (exact) mass is 285 g/mol. The van der Waals surface area contributed by atoms with E-state index < -0.39 is 0 Å². The van der Waals surface area contributed by atoms with Crippen LogP contribution in [0.4, 0.5) is 5.82 Å². The largest absolute Gasteiger partial charge is 0.354 e. The van der Waals surface area contributed by atoms with E-state index in [1.165, 1.54) is 28.5 Å². The summed E-state index contributed by atoms with van der Waals surface area (Å²) in [7, 11) is 0. The molecule has 0 aromatic carbocycles. The van der Waals surface area contributed by atoms with Crippen LogP contribution < -0.4 is 4.90 Å². The van der Waals surface area contributed by atoms with Gasteiger partial charge in [0.25, 0.3) is 0 Å². The van der Waals surface area contributed by atoms with E-state index in [4.69, 9.17) is 0 Å². The predicted octanol–water partition coefficient (Wildman–Crippen LogP) is 2.85. The van der Waals surface area contributed by atoms with Crippen molar-refractivity contribution < 1.29 is 0 Å². The molecule has 4 rings (SSSR count). The standard InChI is InChI=1S/C14H15N5S/c1-8-9(2)16-18-14-11(8)10-7-15-17-13(12(10)20-14)19-5-3-4-6-19/h7H,3-6H2,1-2H3. The van der Waals surface area contributed by atoms with Crippen molar-refractivity contribution in [3.05, 3.63) is 17.5 Å². The van der Waals surface area contributed by atoms with Gasteiger partial charge in [-0.2, -0.15) is 10.2 Å². The van der Waals surface area contributed by atoms with E-state index in [0.29, 0.717) is 0 Å². The van der Waals surface area contributed by atoms with E-state index in [9.17, 15) is 0 Å². The molecule has 5 nitrogen and oxygen atoms in total. The SMILES string of the molecule is Cc1nnc2sc3c(N4CCCC4)nncc3c2c1C. The van der Waals surface area contributed by atoms with Gasteiger partial charge in [-0.1, -0.05) is 0 Å². The van der Waals surface area contributed by atoms with Gasteiger partial charge in [0, 0.05) is 23.9 Å². The first-order valence-electron chi connectivity index (χ1n) is 6.88. The summed E-state index contributed by atoms with van der Waals surface area (Å²) in [5.41, 5.74) is 2.18. The quantitative estimate of drug-likeness (QED) is 0.688. The van der Waals surface area contributed by atoms with Gasteiger partial charge in [-0.25, -0.2) is 0 Å². The maximum Gasteiger partial charge on any atom is 0.169 e. The third-order valence-corrected chi connectivity index (χ3v) is 5.17. The highest BCUT2D eigenvalue weighted by atomic mass is 32.1. The molecule has 0 spiro atoms. The van der Waals surface area contributed by atoms with Crippen LogP contribution in [0.3, 0.4) is 0 Å². The van der Waals surface area contributed by atoms with Gasteiger partial charge in [0.05, 0.1) is 16.6 Å². The molecule has 4 heterocycles. The number of anilines is 1. The Labute approximate surface area is 120 Å². The van der Waals surface area contributed by atoms with Crippen molar-refractivity contribution in [2.24, 2.45) is 0 Å². The van der Waals surface area contributed by atoms with Crippen LogP contribution in [-0.2, 0) is 0 Å². The van der Waals surface area contributed by atoms with E-state index >= 15 is 0 Å². The summed E-state index contributed by atoms with van der Waals surface area (Å²) >= 11 is 1.68. The first-order chi connectivity index (χ1) is 9.75. The van der Waals surface area contributed by atoms with Crippen LogP contribution in [0.1, 0.15) is 24.1 Å². The second-order valence-corrected chi connectivity index (χ2v) is 6.30. The Kier molecular flexibility index (Phi) is 2.60. The van der Waals surface area contributed by atoms with Crippen molar-refractivity contribution in [2.75, 3.05) is 18.0 Å². The molecule has 1 saturated heterocycles. The second kappa shape index (κ2) is 4.34. The fraction of sp³-hybridized carbons (Fsp3) is 0.429. The summed E-state index contributed by atoms with van der Waals surface area (Å²) in [5.74, 6) is 1.01. The number of hydrogen-bond donors (Lipinski definition) is 0. The Morgan fingerprint density at radius 3 is 2.70 bits per heavy atom. The first-order valence-corrected chi connectivity index (χ1v) is 7.70. The topological polar surface area (TPSA) is 54.8 Å². The predicted molar refractivity (Wildman–Crippen MR) is 81.4 cm³/mol. The zero-order chi connectivity index (χ0) is 13.7. The van der Waals surface area contributed by atoms with Crippen LogP contribution in [-0.4, -0.2) is 33.5 Å². The summed E-state index contributed by atoms with van der Waals surface area (Å²) < 4.78 is 1.19. The van der Waals surface area contributed by atoms with Gasteiger partial charge >= 0.3 is 0 Å². The lowest BCUT2D eigenvalue weighted by Crippen LogP contribution is -2.19. The Morgan fingerprint density at radius 2 is 1.90 bits per heavy atom. The maximum absolute atomic E-state index is 4.37. The molecular weight excluding hydrogens is 270 g/mol. The van der Waals surface area contributed by atoms with Crippen molar-refractivity contribution in [3.63, 3.8) is 0 Å². The number of hydrogen-bond acceptors (Lipinski definition) is 6. The molecule has 1 aliphatic heterocycles. The van der Waals surface area contributed by atoms with Crippen molar-refractivity contribution in [2.45, 2.75) is 26.7 Å². The Morgan fingerprint density at radius 1 is 1.10 bits per heavy atom. The summed E-state index contributed by atoms with van der Waals surface area (Å²) in [5, 5.41) is 19.5. The highest BCUT2D eigenvalue weighted by molar-refractivity contribution is 7.26. The summed E-state index contributed by atoms with van der Waals surface area (Å²) in [6, 6.07) is 0. The number of thiophene rings is 1. The number of aromatic nitrogens is 4. The molecule has 1 fully saturated rings. The fourth-order valence-corrected chi connectivity index (χ4v) is 4.02. The molecular formula is C14H15N5S. The van der Waals surface area contributed by atoms with Gasteiger partial charge < -0.3 is 4.90 Å². The van der Waals surface area contributed by atoms with Crippen molar-refractivity contribution in [1.29, 1.82) is 0 Å². The van der Waals surface area contributed by atoms with E-state index in [0.717, 1.165) is 34.8 Å². The third-order valence-electron chi connectivity index (χ3n) is 4.08. The van der Waals surface area contributed by atoms with Gasteiger partial charge in [0.1, 0.15) is 4.83 Å². The molecule has 0 aliphatic carbocycles. The molecule has 0 atom stereocenters. The fourth-order valence-electron chi connectivity index (χ4n) is 2.85. The Bertz CT molecular complexity index is 804. The minimum atomic E-state index is 0.983. The van der Waals surface area contributed by atoms with E-state index in [1.807, 2.05) is 13.1 Å². The maximum atomic E-state index is 4.37. The molecule has 3 aromatic rings. The van der Waals surface area contributed by atoms with Crippen molar-refractivity contribution in [3.8, 4) is 0 Å². The van der Waals surface area contributed by atoms with E-state index in [-0.39, 0.29) is 0 Å². The van der Waals surface area contributed by atoms with Crippen LogP contribution in [0.5, 0.6) is 0 Å². The second-order valence-electron chi connectivity index (χ2n) is 5.30. The average Bonchev–Trinajstić information content (AvgIpc) is 3.09. The normalized spacial score (nSPS) is 15.6. The summed E-state index contributed by atoms with van der Waals surface area (Å²) in [6.45, 7) is 6.26. The molecule has 6 heteroatoms. The molecule has 0 bridgehead atoms. The number of nitrogens with zero attached hydrogens (tertiary/aromatic N) is 5. The summed E-state index contributed by atoms with van der Waals surface area (Å²) in [4.78, 5) is 3.32. The van der Waals surface area contributed by atoms with E-state index in [2.05, 4.69) is 32.2 Å². The molecule has 3 aromatic heterocycles. The van der Waals surface area contributed by atoms with Gasteiger partial charge in [0.15, 0.2) is 5.82 Å². The van der Waals surface area contributed by atoms with Crippen molar-refractivity contribution >= 4 is 37.5 Å². The minimum absolute atomic E-state index is 0.983. The third kappa shape index (κ3) is 1.61. The Hall–Kier alpha value is -1.82. The number of rotatable bonds is 1. The van der Waals surface area contributed by atoms with Crippen LogP contribution in [0.25, 0.3) is 20.3 Å². The van der Waals surface area contributed by atoms with Gasteiger partial charge in [-0.05, 0) is 32.3 Å². The van der Waals surface area contributed by atoms with Gasteiger partial charge in [0.2, 0.25) is 0 Å². The van der Waals surface area contributed by atoms with Crippen LogP contribution in [0.2, 0.25) is 0 Å². The zero-order valence-electron chi connectivity index (χ0n) is 11.6. The van der Waals surface area contributed by atoms with Crippen molar-refractivity contribution in [1.82, 2.24) is 20.4 Å². The lowest BCUT2D eigenvalue weighted by Gasteiger charge is -2.15. The lowest BCUT2D eigenvalue weighted by molar-refractivity contribution is 0.907. The molecule has 0 radical (unpaired) electrons. The van der Waals surface area contributed by atoms with Crippen LogP contribution in [0.15, 0.2) is 6.20 Å². The first kappa shape index (κ1) is 12.0. The molecule has 0 saturated carbocycles. The molecule has 102 valence electrons. The lowest BCUT2D eigenvalue weighted by atomic mass is 10.1. The van der Waals surface area contributed by atoms with Gasteiger partial charge in [-0.15, -0.1) is 21.5 Å². The van der Waals surface area contributed by atoms with E-state index in [1.54, 1.807) is 11.3 Å². The van der Waals surface area contributed by atoms with Crippen LogP contribution >= 0.6 is 11.3 Å². The molecule has 0 N–H and O–H groups in total. The molecule has 20 heavy (non-hydrogen) atoms. The molecule has 0 unspecified atom stereocenters. The Balaban J connectivity index is 2.06. The highest BCUT2D eigenvalue weighted by Gasteiger charge is 2.20. The highest BCUT2D eigenvalue weighted by Crippen LogP contribution is 2.39. The number of fused-ring (bicyclic) bond motifs is 3. The van der Waals surface area contributed by atoms with Crippen LogP contribution in [0, 0.1) is 13.8 Å².